The first-order chi connectivity index (χ1) is 12.4. The third-order valence-corrected chi connectivity index (χ3v) is 6.71. The summed E-state index contributed by atoms with van der Waals surface area (Å²) in [7, 11) is -1.22. The van der Waals surface area contributed by atoms with E-state index in [0.717, 1.165) is 0 Å². The molecule has 0 bridgehead atoms. The van der Waals surface area contributed by atoms with Crippen molar-refractivity contribution in [1.29, 1.82) is 0 Å². The van der Waals surface area contributed by atoms with Gasteiger partial charge in [0.15, 0.2) is 15.7 Å². The maximum absolute atomic E-state index is 12.9. The molecule has 9 heteroatoms. The summed E-state index contributed by atoms with van der Waals surface area (Å²) >= 11 is 0. The quantitative estimate of drug-likeness (QED) is 0.736. The third-order valence-electron chi connectivity index (χ3n) is 5.01. The van der Waals surface area contributed by atoms with Crippen LogP contribution in [-0.2, 0) is 9.84 Å². The molecular formula is C17H19N5O3S. The molecule has 8 nitrogen and oxygen atoms in total. The van der Waals surface area contributed by atoms with E-state index in [9.17, 15) is 13.2 Å². The normalized spacial score (nSPS) is 25.0. The zero-order valence-electron chi connectivity index (χ0n) is 14.3. The standard InChI is InChI=1S/C17H19N5O3S/c1-21-6-7-22(15-11-26(24,25)10-14(15)21)17(23)12-8-19-16(20-9-12)13-4-2-3-5-18-13/h2-5,8-9,14-15H,6-7,10-11H2,1H3/t14-,15+/m1/s1. The number of aromatic nitrogens is 3. The molecule has 0 spiro atoms. The van der Waals surface area contributed by atoms with Gasteiger partial charge in [-0.25, -0.2) is 18.4 Å². The predicted octanol–water partition coefficient (Wildman–Crippen LogP) is 0.0918. The molecule has 0 saturated carbocycles. The Morgan fingerprint density at radius 2 is 1.81 bits per heavy atom. The second-order valence-electron chi connectivity index (χ2n) is 6.70. The molecule has 1 amide bonds. The fourth-order valence-electron chi connectivity index (χ4n) is 3.61. The molecule has 26 heavy (non-hydrogen) atoms. The lowest BCUT2D eigenvalue weighted by Crippen LogP contribution is -2.59. The van der Waals surface area contributed by atoms with E-state index in [-0.39, 0.29) is 29.5 Å². The van der Waals surface area contributed by atoms with Crippen LogP contribution in [0.2, 0.25) is 0 Å². The van der Waals surface area contributed by atoms with Crippen molar-refractivity contribution in [2.24, 2.45) is 0 Å². The largest absolute Gasteiger partial charge is 0.332 e. The van der Waals surface area contributed by atoms with Crippen LogP contribution in [0.4, 0.5) is 0 Å². The number of rotatable bonds is 2. The maximum Gasteiger partial charge on any atom is 0.257 e. The topological polar surface area (TPSA) is 96.4 Å². The van der Waals surface area contributed by atoms with E-state index in [0.29, 0.717) is 30.2 Å². The fraction of sp³-hybridized carbons (Fsp3) is 0.412. The molecule has 0 unspecified atom stereocenters. The van der Waals surface area contributed by atoms with E-state index in [4.69, 9.17) is 0 Å². The summed E-state index contributed by atoms with van der Waals surface area (Å²) in [5, 5.41) is 0. The monoisotopic (exact) mass is 373 g/mol. The Hall–Kier alpha value is -2.39. The van der Waals surface area contributed by atoms with Crippen LogP contribution in [0.1, 0.15) is 10.4 Å². The fourth-order valence-corrected chi connectivity index (χ4v) is 5.67. The first kappa shape index (κ1) is 17.0. The molecule has 0 aliphatic carbocycles. The Bertz CT molecular complexity index is 917. The molecule has 2 aliphatic rings. The molecule has 2 aromatic heterocycles. The van der Waals surface area contributed by atoms with E-state index in [1.165, 1.54) is 12.4 Å². The first-order valence-corrected chi connectivity index (χ1v) is 10.2. The van der Waals surface area contributed by atoms with Gasteiger partial charge in [-0.3, -0.25) is 14.7 Å². The van der Waals surface area contributed by atoms with E-state index < -0.39 is 9.84 Å². The van der Waals surface area contributed by atoms with Gasteiger partial charge in [-0.2, -0.15) is 0 Å². The van der Waals surface area contributed by atoms with Crippen molar-refractivity contribution in [3.63, 3.8) is 0 Å². The van der Waals surface area contributed by atoms with E-state index in [1.807, 2.05) is 18.0 Å². The van der Waals surface area contributed by atoms with Crippen LogP contribution in [-0.4, -0.2) is 82.8 Å². The molecule has 0 aromatic carbocycles. The van der Waals surface area contributed by atoms with Crippen LogP contribution >= 0.6 is 0 Å². The summed E-state index contributed by atoms with van der Waals surface area (Å²) in [5.74, 6) is 0.341. The lowest BCUT2D eigenvalue weighted by Gasteiger charge is -2.42. The lowest BCUT2D eigenvalue weighted by atomic mass is 10.0. The number of piperazine rings is 1. The Morgan fingerprint density at radius 3 is 2.50 bits per heavy atom. The predicted molar refractivity (Wildman–Crippen MR) is 95.2 cm³/mol. The highest BCUT2D eigenvalue weighted by molar-refractivity contribution is 7.91. The average Bonchev–Trinajstić information content (AvgIpc) is 2.98. The number of nitrogens with zero attached hydrogens (tertiary/aromatic N) is 5. The Kier molecular flexibility index (Phi) is 4.20. The van der Waals surface area contributed by atoms with E-state index in [1.54, 1.807) is 23.2 Å². The van der Waals surface area contributed by atoms with Gasteiger partial charge in [0.2, 0.25) is 0 Å². The number of likely N-dealkylation sites (N-methyl/N-ethyl adjacent to an activating group) is 1. The van der Waals surface area contributed by atoms with Crippen molar-refractivity contribution in [2.75, 3.05) is 31.6 Å². The highest BCUT2D eigenvalue weighted by Gasteiger charge is 2.47. The number of carbonyl (C=O) groups excluding carboxylic acids is 1. The number of hydrogen-bond acceptors (Lipinski definition) is 7. The van der Waals surface area contributed by atoms with Gasteiger partial charge in [-0.15, -0.1) is 0 Å². The minimum atomic E-state index is -3.13. The van der Waals surface area contributed by atoms with E-state index in [2.05, 4.69) is 15.0 Å². The maximum atomic E-state index is 12.9. The Morgan fingerprint density at radius 1 is 1.08 bits per heavy atom. The molecule has 0 N–H and O–H groups in total. The molecule has 2 fully saturated rings. The van der Waals surface area contributed by atoms with Gasteiger partial charge >= 0.3 is 0 Å². The molecule has 2 aliphatic heterocycles. The van der Waals surface area contributed by atoms with Crippen LogP contribution in [0.25, 0.3) is 11.5 Å². The number of carbonyl (C=O) groups is 1. The summed E-state index contributed by atoms with van der Waals surface area (Å²) in [6.07, 6.45) is 4.62. The van der Waals surface area contributed by atoms with Crippen LogP contribution in [0, 0.1) is 0 Å². The van der Waals surface area contributed by atoms with Gasteiger partial charge in [0.25, 0.3) is 5.91 Å². The highest BCUT2D eigenvalue weighted by Crippen LogP contribution is 2.27. The van der Waals surface area contributed by atoms with Gasteiger partial charge < -0.3 is 4.90 Å². The number of sulfone groups is 1. The number of hydrogen-bond donors (Lipinski definition) is 0. The zero-order valence-corrected chi connectivity index (χ0v) is 15.1. The van der Waals surface area contributed by atoms with Gasteiger partial charge in [0, 0.05) is 37.7 Å². The van der Waals surface area contributed by atoms with Crippen molar-refractivity contribution in [3.8, 4) is 11.5 Å². The molecule has 0 radical (unpaired) electrons. The van der Waals surface area contributed by atoms with Crippen molar-refractivity contribution in [3.05, 3.63) is 42.4 Å². The van der Waals surface area contributed by atoms with Crippen molar-refractivity contribution in [2.45, 2.75) is 12.1 Å². The molecular weight excluding hydrogens is 354 g/mol. The lowest BCUT2D eigenvalue weighted by molar-refractivity contribution is 0.0409. The summed E-state index contributed by atoms with van der Waals surface area (Å²) in [6, 6.07) is 4.98. The van der Waals surface area contributed by atoms with Gasteiger partial charge in [0.05, 0.1) is 23.1 Å². The number of pyridine rings is 1. The molecule has 2 aromatic rings. The van der Waals surface area contributed by atoms with Crippen molar-refractivity contribution < 1.29 is 13.2 Å². The van der Waals surface area contributed by atoms with Gasteiger partial charge in [-0.1, -0.05) is 6.07 Å². The van der Waals surface area contributed by atoms with Crippen LogP contribution in [0.15, 0.2) is 36.8 Å². The minimum Gasteiger partial charge on any atom is -0.332 e. The summed E-state index contributed by atoms with van der Waals surface area (Å²) in [4.78, 5) is 29.3. The van der Waals surface area contributed by atoms with E-state index >= 15 is 0 Å². The smallest absolute Gasteiger partial charge is 0.257 e. The summed E-state index contributed by atoms with van der Waals surface area (Å²) in [5.41, 5.74) is 0.991. The SMILES string of the molecule is CN1CCN(C(=O)c2cnc(-c3ccccn3)nc2)[C@H]2CS(=O)(=O)C[C@H]21. The first-order valence-electron chi connectivity index (χ1n) is 8.40. The third kappa shape index (κ3) is 3.08. The number of amides is 1. The number of fused-ring (bicyclic) bond motifs is 1. The molecule has 4 rings (SSSR count). The molecule has 2 saturated heterocycles. The summed E-state index contributed by atoms with van der Waals surface area (Å²) < 4.78 is 24.1. The summed E-state index contributed by atoms with van der Waals surface area (Å²) in [6.45, 7) is 1.14. The van der Waals surface area contributed by atoms with Crippen molar-refractivity contribution >= 4 is 15.7 Å². The van der Waals surface area contributed by atoms with Gasteiger partial charge in [-0.05, 0) is 19.2 Å². The average molecular weight is 373 g/mol. The van der Waals surface area contributed by atoms with Crippen LogP contribution < -0.4 is 0 Å². The van der Waals surface area contributed by atoms with Crippen molar-refractivity contribution in [1.82, 2.24) is 24.8 Å². The Labute approximate surface area is 151 Å². The van der Waals surface area contributed by atoms with Gasteiger partial charge in [0.1, 0.15) is 5.69 Å². The molecule has 2 atom stereocenters. The second-order valence-corrected chi connectivity index (χ2v) is 8.85. The second kappa shape index (κ2) is 6.40. The Balaban J connectivity index is 1.57. The van der Waals surface area contributed by atoms with Crippen LogP contribution in [0.5, 0.6) is 0 Å². The minimum absolute atomic E-state index is 0.0145. The highest BCUT2D eigenvalue weighted by atomic mass is 32.2. The zero-order chi connectivity index (χ0) is 18.3. The molecule has 4 heterocycles. The van der Waals surface area contributed by atoms with Crippen LogP contribution in [0.3, 0.4) is 0 Å². The molecule has 136 valence electrons.